The van der Waals surface area contributed by atoms with Crippen molar-refractivity contribution in [3.05, 3.63) is 59.9 Å². The van der Waals surface area contributed by atoms with Gasteiger partial charge in [-0.3, -0.25) is 4.79 Å². The molecule has 2 aromatic carbocycles. The smallest absolute Gasteiger partial charge is 0.245 e. The lowest BCUT2D eigenvalue weighted by atomic mass is 10.1. The molecule has 3 rings (SSSR count). The third-order valence-electron chi connectivity index (χ3n) is 3.61. The van der Waals surface area contributed by atoms with E-state index in [1.54, 1.807) is 37.6 Å². The molecule has 8 nitrogen and oxygen atoms in total. The predicted molar refractivity (Wildman–Crippen MR) is 102 cm³/mol. The Kier molecular flexibility index (Phi) is 5.78. The number of carbonyl (C=O) groups is 1. The van der Waals surface area contributed by atoms with Crippen LogP contribution in [0, 0.1) is 0 Å². The van der Waals surface area contributed by atoms with E-state index >= 15 is 0 Å². The second kappa shape index (κ2) is 8.61. The van der Waals surface area contributed by atoms with Crippen molar-refractivity contribution in [2.24, 2.45) is 4.99 Å². The second-order valence-electron chi connectivity index (χ2n) is 5.63. The third kappa shape index (κ3) is 5.15. The van der Waals surface area contributed by atoms with Crippen LogP contribution >= 0.6 is 0 Å². The number of nitrogens with one attached hydrogen (secondary N) is 2. The maximum Gasteiger partial charge on any atom is 0.245 e. The van der Waals surface area contributed by atoms with Crippen LogP contribution in [-0.4, -0.2) is 34.4 Å². The summed E-state index contributed by atoms with van der Waals surface area (Å²) in [6.45, 7) is 1.79. The van der Waals surface area contributed by atoms with Crippen molar-refractivity contribution >= 4 is 23.8 Å². The Bertz CT molecular complexity index is 921. The molecule has 0 bridgehead atoms. The predicted octanol–water partition coefficient (Wildman–Crippen LogP) is 3.10. The van der Waals surface area contributed by atoms with E-state index in [9.17, 15) is 4.79 Å². The zero-order valence-corrected chi connectivity index (χ0v) is 15.0. The molecule has 0 aliphatic carbocycles. The first-order valence-electron chi connectivity index (χ1n) is 8.21. The highest BCUT2D eigenvalue weighted by Crippen LogP contribution is 2.23. The minimum absolute atomic E-state index is 0.114. The minimum Gasteiger partial charge on any atom is -0.496 e. The number of H-pyrrole nitrogens is 1. The van der Waals surface area contributed by atoms with Gasteiger partial charge in [0.2, 0.25) is 11.9 Å². The standard InChI is InChI=1S/C19H19N5O3/c1-13(25)23-16-4-6-17(7-5-16)27-11-15-9-14(3-8-18(15)26-2)10-20-19-21-12-22-24-19/h3-10,12H,11H2,1-2H3,(H,23,25)(H,21,22,24). The van der Waals surface area contributed by atoms with Crippen molar-refractivity contribution < 1.29 is 14.3 Å². The van der Waals surface area contributed by atoms with E-state index in [-0.39, 0.29) is 5.91 Å². The maximum atomic E-state index is 11.1. The molecule has 0 fully saturated rings. The average Bonchev–Trinajstić information content (AvgIpc) is 3.19. The van der Waals surface area contributed by atoms with E-state index in [1.807, 2.05) is 18.2 Å². The highest BCUT2D eigenvalue weighted by atomic mass is 16.5. The molecular formula is C19H19N5O3. The molecule has 0 saturated carbocycles. The number of hydrogen-bond acceptors (Lipinski definition) is 6. The van der Waals surface area contributed by atoms with Crippen LogP contribution in [-0.2, 0) is 11.4 Å². The van der Waals surface area contributed by atoms with Crippen molar-refractivity contribution in [2.75, 3.05) is 12.4 Å². The summed E-state index contributed by atoms with van der Waals surface area (Å²) in [5, 5.41) is 9.14. The van der Waals surface area contributed by atoms with Gasteiger partial charge in [0, 0.05) is 24.4 Å². The van der Waals surface area contributed by atoms with E-state index in [0.717, 1.165) is 22.6 Å². The molecule has 0 saturated heterocycles. The Hall–Kier alpha value is -3.68. The first-order chi connectivity index (χ1) is 13.1. The van der Waals surface area contributed by atoms with Gasteiger partial charge in [0.15, 0.2) is 0 Å². The summed E-state index contributed by atoms with van der Waals surface area (Å²) in [6, 6.07) is 12.9. The lowest BCUT2D eigenvalue weighted by molar-refractivity contribution is -0.114. The summed E-state index contributed by atoms with van der Waals surface area (Å²) in [5.41, 5.74) is 2.48. The summed E-state index contributed by atoms with van der Waals surface area (Å²) in [6.07, 6.45) is 3.09. The van der Waals surface area contributed by atoms with E-state index < -0.39 is 0 Å². The van der Waals surface area contributed by atoms with Gasteiger partial charge in [0.05, 0.1) is 7.11 Å². The molecule has 0 aliphatic heterocycles. The number of carbonyl (C=O) groups excluding carboxylic acids is 1. The van der Waals surface area contributed by atoms with E-state index in [1.165, 1.54) is 13.3 Å². The van der Waals surface area contributed by atoms with Crippen LogP contribution in [0.4, 0.5) is 11.6 Å². The summed E-state index contributed by atoms with van der Waals surface area (Å²) in [7, 11) is 1.61. The molecule has 1 aromatic heterocycles. The fourth-order valence-corrected chi connectivity index (χ4v) is 2.39. The number of amides is 1. The number of aliphatic imine (C=N–C) groups is 1. The van der Waals surface area contributed by atoms with E-state index in [4.69, 9.17) is 9.47 Å². The lowest BCUT2D eigenvalue weighted by Crippen LogP contribution is -2.05. The normalized spacial score (nSPS) is 10.7. The fraction of sp³-hybridized carbons (Fsp3) is 0.158. The molecule has 138 valence electrons. The number of hydrogen-bond donors (Lipinski definition) is 2. The topological polar surface area (TPSA) is 101 Å². The lowest BCUT2D eigenvalue weighted by Gasteiger charge is -2.11. The third-order valence-corrected chi connectivity index (χ3v) is 3.61. The summed E-state index contributed by atoms with van der Waals surface area (Å²) >= 11 is 0. The molecule has 1 amide bonds. The molecule has 3 aromatic rings. The largest absolute Gasteiger partial charge is 0.496 e. The molecule has 0 atom stereocenters. The van der Waals surface area contributed by atoms with Crippen molar-refractivity contribution in [3.8, 4) is 11.5 Å². The Morgan fingerprint density at radius 3 is 2.74 bits per heavy atom. The number of benzene rings is 2. The van der Waals surface area contributed by atoms with Crippen LogP contribution in [0.1, 0.15) is 18.1 Å². The quantitative estimate of drug-likeness (QED) is 0.627. The van der Waals surface area contributed by atoms with Crippen LogP contribution in [0.25, 0.3) is 0 Å². The molecule has 0 radical (unpaired) electrons. The number of ether oxygens (including phenoxy) is 2. The van der Waals surface area contributed by atoms with E-state index in [0.29, 0.717) is 18.3 Å². The number of aromatic amines is 1. The van der Waals surface area contributed by atoms with Crippen LogP contribution in [0.5, 0.6) is 11.5 Å². The number of aromatic nitrogens is 3. The summed E-state index contributed by atoms with van der Waals surface area (Å²) in [5.74, 6) is 1.73. The average molecular weight is 365 g/mol. The molecule has 1 heterocycles. The Balaban J connectivity index is 1.69. The molecular weight excluding hydrogens is 346 g/mol. The second-order valence-corrected chi connectivity index (χ2v) is 5.63. The molecule has 27 heavy (non-hydrogen) atoms. The number of rotatable bonds is 7. The van der Waals surface area contributed by atoms with Crippen LogP contribution in [0.15, 0.2) is 53.8 Å². The molecule has 2 N–H and O–H groups in total. The number of methoxy groups -OCH3 is 1. The van der Waals surface area contributed by atoms with Crippen molar-refractivity contribution in [1.29, 1.82) is 0 Å². The highest BCUT2D eigenvalue weighted by Gasteiger charge is 2.06. The monoisotopic (exact) mass is 365 g/mol. The Morgan fingerprint density at radius 2 is 2.07 bits per heavy atom. The van der Waals surface area contributed by atoms with Gasteiger partial charge < -0.3 is 14.8 Å². The summed E-state index contributed by atoms with van der Waals surface area (Å²) in [4.78, 5) is 19.2. The SMILES string of the molecule is COc1ccc(C=Nc2ncn[nH]2)cc1COc1ccc(NC(C)=O)cc1. The van der Waals surface area contributed by atoms with Gasteiger partial charge in [-0.1, -0.05) is 0 Å². The zero-order valence-electron chi connectivity index (χ0n) is 15.0. The Morgan fingerprint density at radius 1 is 1.26 bits per heavy atom. The molecule has 0 aliphatic rings. The van der Waals surface area contributed by atoms with Gasteiger partial charge in [-0.05, 0) is 48.0 Å². The van der Waals surface area contributed by atoms with Crippen LogP contribution < -0.4 is 14.8 Å². The number of nitrogens with zero attached hydrogens (tertiary/aromatic N) is 3. The van der Waals surface area contributed by atoms with Gasteiger partial charge in [-0.25, -0.2) is 10.1 Å². The molecule has 0 spiro atoms. The summed E-state index contributed by atoms with van der Waals surface area (Å²) < 4.78 is 11.2. The molecule has 0 unspecified atom stereocenters. The van der Waals surface area contributed by atoms with Gasteiger partial charge in [-0.15, -0.1) is 0 Å². The first kappa shape index (κ1) is 18.1. The van der Waals surface area contributed by atoms with Crippen molar-refractivity contribution in [1.82, 2.24) is 15.2 Å². The van der Waals surface area contributed by atoms with E-state index in [2.05, 4.69) is 25.5 Å². The zero-order chi connectivity index (χ0) is 19.1. The van der Waals surface area contributed by atoms with Crippen LogP contribution in [0.3, 0.4) is 0 Å². The van der Waals surface area contributed by atoms with Gasteiger partial charge in [0.25, 0.3) is 0 Å². The van der Waals surface area contributed by atoms with Crippen molar-refractivity contribution in [2.45, 2.75) is 13.5 Å². The van der Waals surface area contributed by atoms with Gasteiger partial charge >= 0.3 is 0 Å². The number of anilines is 1. The highest BCUT2D eigenvalue weighted by molar-refractivity contribution is 5.88. The first-order valence-corrected chi connectivity index (χ1v) is 8.21. The van der Waals surface area contributed by atoms with Gasteiger partial charge in [-0.2, -0.15) is 10.1 Å². The fourth-order valence-electron chi connectivity index (χ4n) is 2.39. The molecule has 8 heteroatoms. The maximum absolute atomic E-state index is 11.1. The Labute approximate surface area is 156 Å². The van der Waals surface area contributed by atoms with Crippen molar-refractivity contribution in [3.63, 3.8) is 0 Å². The van der Waals surface area contributed by atoms with Crippen LogP contribution in [0.2, 0.25) is 0 Å². The van der Waals surface area contributed by atoms with Gasteiger partial charge in [0.1, 0.15) is 24.4 Å². The minimum atomic E-state index is -0.114.